The van der Waals surface area contributed by atoms with Crippen LogP contribution in [-0.2, 0) is 0 Å². The fourth-order valence-electron chi connectivity index (χ4n) is 14.2. The average molecular weight is 1450 g/mol. The molecule has 0 spiro atoms. The molecule has 536 valence electrons. The highest BCUT2D eigenvalue weighted by molar-refractivity contribution is 6.14. The zero-order valence-electron chi connectivity index (χ0n) is 60.2. The Morgan fingerprint density at radius 1 is 0.300 bits per heavy atom. The Balaban J connectivity index is 0.000000117. The molecule has 0 aliphatic heterocycles. The summed E-state index contributed by atoms with van der Waals surface area (Å²) in [5.41, 5.74) is 28.6. The second-order valence-electron chi connectivity index (χ2n) is 27.1. The molecular weight excluding hydrogens is 1380 g/mol. The normalized spacial score (nSPS) is 11.4. The van der Waals surface area contributed by atoms with Crippen LogP contribution in [-0.4, -0.2) is 22.1 Å². The highest BCUT2D eigenvalue weighted by Gasteiger charge is 2.32. The fraction of sp³-hybridized carbons (Fsp3) is 0.0612. The van der Waals surface area contributed by atoms with Crippen molar-refractivity contribution >= 4 is 66.0 Å². The van der Waals surface area contributed by atoms with Crippen LogP contribution in [0.15, 0.2) is 350 Å². The topological polar surface area (TPSA) is 53.3 Å². The average Bonchev–Trinajstić information content (AvgIpc) is 1.55. The van der Waals surface area contributed by atoms with E-state index in [1.54, 1.807) is 6.07 Å². The van der Waals surface area contributed by atoms with E-state index in [0.717, 1.165) is 77.6 Å². The van der Waals surface area contributed by atoms with E-state index >= 15 is 0 Å². The predicted molar refractivity (Wildman–Crippen MR) is 436 cm³/mol. The summed E-state index contributed by atoms with van der Waals surface area (Å²) >= 11 is 0. The molecule has 18 aromatic rings. The minimum Gasteiger partial charge on any atom is -0.456 e. The van der Waals surface area contributed by atoms with Crippen LogP contribution >= 0.6 is 0 Å². The second-order valence-corrected chi connectivity index (χ2v) is 27.1. The number of furan rings is 1. The zero-order chi connectivity index (χ0) is 76.0. The van der Waals surface area contributed by atoms with Gasteiger partial charge in [0.2, 0.25) is 0 Å². The summed E-state index contributed by atoms with van der Waals surface area (Å²) < 4.78 is 89.8. The number of pyridine rings is 1. The number of imidazole rings is 1. The third-order valence-corrected chi connectivity index (χ3v) is 19.2. The van der Waals surface area contributed by atoms with E-state index < -0.39 is 12.7 Å². The number of benzene rings is 15. The lowest BCUT2D eigenvalue weighted by molar-refractivity contribution is -0.275. The molecule has 0 atom stereocenters. The number of fused-ring (bicyclic) bond motifs is 11. The molecule has 0 amide bonds. The predicted octanol–water partition coefficient (Wildman–Crippen LogP) is 28.7. The Kier molecular flexibility index (Phi) is 20.2. The van der Waals surface area contributed by atoms with Gasteiger partial charge < -0.3 is 13.9 Å². The molecule has 110 heavy (non-hydrogen) atoms. The molecule has 6 nitrogen and oxygen atoms in total. The van der Waals surface area contributed by atoms with Crippen molar-refractivity contribution in [1.29, 1.82) is 0 Å². The SMILES string of the molecule is Cc1cc(-c2ccc(OC(F)(F)F)cc2)cc(-c2ccc(OC(F)(F)F)cc2)c1.Cc1cc(-c2ccccc2)cc(-c2ccc(-c3ccc4c(c3)oc3ccccc34)cc2)c1.Cc1ccc2c3ccccc3n3c4ccccc4nc3c2c1.[C-]#[N+]c1ccccc1-c1cccc(-c2cc(C)cc(-c3ccccc3)c2)c1. The Bertz CT molecular complexity index is 6340. The van der Waals surface area contributed by atoms with Gasteiger partial charge in [-0.1, -0.05) is 260 Å². The van der Waals surface area contributed by atoms with Crippen LogP contribution in [0.4, 0.5) is 32.0 Å². The van der Waals surface area contributed by atoms with Crippen LogP contribution in [0.1, 0.15) is 22.3 Å². The molecule has 0 aliphatic rings. The number of para-hydroxylation sites is 5. The Hall–Kier alpha value is -13.8. The molecule has 15 aromatic carbocycles. The summed E-state index contributed by atoms with van der Waals surface area (Å²) in [6.07, 6.45) is -9.53. The van der Waals surface area contributed by atoms with Gasteiger partial charge in [-0.2, -0.15) is 0 Å². The van der Waals surface area contributed by atoms with E-state index in [4.69, 9.17) is 16.0 Å². The number of aromatic nitrogens is 2. The number of hydrogen-bond acceptors (Lipinski definition) is 4. The van der Waals surface area contributed by atoms with Crippen molar-refractivity contribution < 1.29 is 40.2 Å². The number of rotatable bonds is 10. The lowest BCUT2D eigenvalue weighted by Crippen LogP contribution is -2.16. The second kappa shape index (κ2) is 31.0. The van der Waals surface area contributed by atoms with Crippen LogP contribution in [0.5, 0.6) is 11.5 Å². The summed E-state index contributed by atoms with van der Waals surface area (Å²) in [5, 5.41) is 6.08. The Morgan fingerprint density at radius 3 is 1.24 bits per heavy atom. The van der Waals surface area contributed by atoms with Crippen LogP contribution in [0.3, 0.4) is 0 Å². The zero-order valence-corrected chi connectivity index (χ0v) is 60.2. The molecule has 0 saturated carbocycles. The van der Waals surface area contributed by atoms with Gasteiger partial charge in [-0.15, -0.1) is 26.3 Å². The van der Waals surface area contributed by atoms with Gasteiger partial charge in [0.1, 0.15) is 28.3 Å². The maximum atomic E-state index is 12.3. The highest BCUT2D eigenvalue weighted by atomic mass is 19.4. The summed E-state index contributed by atoms with van der Waals surface area (Å²) in [6.45, 7) is 15.7. The lowest BCUT2D eigenvalue weighted by atomic mass is 9.94. The van der Waals surface area contributed by atoms with Gasteiger partial charge in [0, 0.05) is 21.5 Å². The first kappa shape index (κ1) is 71.8. The van der Waals surface area contributed by atoms with Crippen LogP contribution in [0.25, 0.3) is 154 Å². The molecule has 0 unspecified atom stereocenters. The first-order chi connectivity index (χ1) is 53.3. The first-order valence-corrected chi connectivity index (χ1v) is 35.8. The third-order valence-electron chi connectivity index (χ3n) is 19.2. The third kappa shape index (κ3) is 16.3. The van der Waals surface area contributed by atoms with Crippen molar-refractivity contribution in [3.63, 3.8) is 0 Å². The largest absolute Gasteiger partial charge is 0.573 e. The molecule has 0 N–H and O–H groups in total. The van der Waals surface area contributed by atoms with Crippen LogP contribution in [0, 0.1) is 34.3 Å². The highest BCUT2D eigenvalue weighted by Crippen LogP contribution is 2.40. The van der Waals surface area contributed by atoms with Crippen molar-refractivity contribution in [1.82, 2.24) is 9.38 Å². The van der Waals surface area contributed by atoms with Gasteiger partial charge in [0.25, 0.3) is 0 Å². The van der Waals surface area contributed by atoms with E-state index in [1.807, 2.05) is 67.6 Å². The standard InChI is InChI=1S/C31H22O.C26H19N.C21H14F6O2.C20H14N2/c1-21-17-26(22-7-3-2-4-8-22)19-27(18-21)24-13-11-23(12-14-24)25-15-16-29-28-9-5-6-10-30(28)32-31(29)20-25;1-19-15-23(20-9-4-3-5-10-20)18-24(16-19)21-11-8-12-22(17-21)25-13-6-7-14-26(25)27-2;1-13-10-16(14-2-6-18(7-3-14)28-20(22,23)24)12-17(11-13)15-4-8-19(9-5-15)29-21(25,26)27;1-13-10-11-14-15-6-2-4-8-18(15)22-19-9-5-3-7-17(19)21-20(22)16(14)12-13/h2-20H,1H3;3-18H,1H3;2-12H,1H3;2-12H,1H3. The summed E-state index contributed by atoms with van der Waals surface area (Å²) in [4.78, 5) is 8.56. The molecule has 0 bridgehead atoms. The van der Waals surface area contributed by atoms with Gasteiger partial charge in [0.15, 0.2) is 5.69 Å². The Morgan fingerprint density at radius 2 is 0.691 bits per heavy atom. The molecule has 3 aromatic heterocycles. The minimum atomic E-state index is -4.76. The summed E-state index contributed by atoms with van der Waals surface area (Å²) in [7, 11) is 0. The van der Waals surface area contributed by atoms with Gasteiger partial charge in [0.05, 0.1) is 23.1 Å². The van der Waals surface area contributed by atoms with Crippen LogP contribution < -0.4 is 9.47 Å². The van der Waals surface area contributed by atoms with Gasteiger partial charge >= 0.3 is 12.7 Å². The Labute approximate surface area is 632 Å². The molecule has 0 saturated heterocycles. The quantitative estimate of drug-likeness (QED) is 0.0778. The van der Waals surface area contributed by atoms with Crippen molar-refractivity contribution in [3.05, 3.63) is 379 Å². The smallest absolute Gasteiger partial charge is 0.456 e. The van der Waals surface area contributed by atoms with Crippen molar-refractivity contribution in [3.8, 4) is 101 Å². The summed E-state index contributed by atoms with van der Waals surface area (Å²) in [6, 6.07) is 114. The lowest BCUT2D eigenvalue weighted by Gasteiger charge is -2.12. The van der Waals surface area contributed by atoms with E-state index in [2.05, 4.69) is 270 Å². The maximum absolute atomic E-state index is 12.3. The van der Waals surface area contributed by atoms with Crippen molar-refractivity contribution in [2.24, 2.45) is 0 Å². The van der Waals surface area contributed by atoms with E-state index in [-0.39, 0.29) is 11.5 Å². The molecule has 0 radical (unpaired) electrons. The van der Waals surface area contributed by atoms with E-state index in [9.17, 15) is 26.3 Å². The van der Waals surface area contributed by atoms with E-state index in [0.29, 0.717) is 16.8 Å². The van der Waals surface area contributed by atoms with Crippen LogP contribution in [0.2, 0.25) is 0 Å². The first-order valence-electron chi connectivity index (χ1n) is 35.8. The van der Waals surface area contributed by atoms with Crippen molar-refractivity contribution in [2.75, 3.05) is 0 Å². The number of alkyl halides is 6. The number of halogens is 6. The number of nitrogens with zero attached hydrogens (tertiary/aromatic N) is 3. The molecule has 0 aliphatic carbocycles. The van der Waals surface area contributed by atoms with E-state index in [1.165, 1.54) is 131 Å². The number of ether oxygens (including phenoxy) is 2. The number of hydrogen-bond donors (Lipinski definition) is 0. The monoisotopic (exact) mass is 1450 g/mol. The minimum absolute atomic E-state index is 0.325. The number of aryl methyl sites for hydroxylation is 4. The van der Waals surface area contributed by atoms with Gasteiger partial charge in [-0.3, -0.25) is 4.40 Å². The fourth-order valence-corrected chi connectivity index (χ4v) is 14.2. The van der Waals surface area contributed by atoms with Gasteiger partial charge in [-0.25, -0.2) is 9.83 Å². The summed E-state index contributed by atoms with van der Waals surface area (Å²) in [5.74, 6) is -0.649. The molecule has 12 heteroatoms. The maximum Gasteiger partial charge on any atom is 0.573 e. The molecule has 18 rings (SSSR count). The molecular formula is C98H69F6N3O3. The molecule has 0 fully saturated rings. The molecule has 3 heterocycles. The van der Waals surface area contributed by atoms with Crippen molar-refractivity contribution in [2.45, 2.75) is 40.4 Å². The van der Waals surface area contributed by atoms with Gasteiger partial charge in [-0.05, 0) is 230 Å².